The SMILES string of the molecule is CC(C)C(NC(=O)c1cc(OC(F)(F)F)ccc1F)C(=O)OCc1ccccc1. The molecular weight excluding hydrogens is 394 g/mol. The summed E-state index contributed by atoms with van der Waals surface area (Å²) in [6.45, 7) is 3.24. The first-order valence-corrected chi connectivity index (χ1v) is 8.63. The Morgan fingerprint density at radius 2 is 1.72 bits per heavy atom. The average molecular weight is 413 g/mol. The van der Waals surface area contributed by atoms with Crippen LogP contribution in [0.3, 0.4) is 0 Å². The lowest BCUT2D eigenvalue weighted by Gasteiger charge is -2.21. The summed E-state index contributed by atoms with van der Waals surface area (Å²) < 4.78 is 59.9. The summed E-state index contributed by atoms with van der Waals surface area (Å²) in [6, 6.07) is 9.74. The Morgan fingerprint density at radius 3 is 2.31 bits per heavy atom. The van der Waals surface area contributed by atoms with Crippen molar-refractivity contribution in [2.45, 2.75) is 32.9 Å². The van der Waals surface area contributed by atoms with Crippen LogP contribution in [0.25, 0.3) is 0 Å². The monoisotopic (exact) mass is 413 g/mol. The minimum Gasteiger partial charge on any atom is -0.459 e. The first-order chi connectivity index (χ1) is 13.6. The summed E-state index contributed by atoms with van der Waals surface area (Å²) in [6.07, 6.45) is -4.99. The standard InChI is InChI=1S/C20H19F4NO4/c1-12(2)17(19(27)28-11-13-6-4-3-5-7-13)25-18(26)15-10-14(8-9-16(15)21)29-20(22,23)24/h3-10,12,17H,11H2,1-2H3,(H,25,26). The molecule has 0 aromatic heterocycles. The van der Waals surface area contributed by atoms with Crippen molar-refractivity contribution in [3.05, 3.63) is 65.5 Å². The molecule has 1 N–H and O–H groups in total. The van der Waals surface area contributed by atoms with E-state index in [1.165, 1.54) is 0 Å². The van der Waals surface area contributed by atoms with E-state index in [1.54, 1.807) is 44.2 Å². The van der Waals surface area contributed by atoms with E-state index in [2.05, 4.69) is 10.1 Å². The lowest BCUT2D eigenvalue weighted by molar-refractivity contribution is -0.274. The van der Waals surface area contributed by atoms with Gasteiger partial charge < -0.3 is 14.8 Å². The molecular formula is C20H19F4NO4. The Kier molecular flexibility index (Phi) is 7.19. The van der Waals surface area contributed by atoms with E-state index in [1.807, 2.05) is 0 Å². The molecule has 0 aliphatic carbocycles. The molecule has 0 spiro atoms. The van der Waals surface area contributed by atoms with E-state index in [4.69, 9.17) is 4.74 Å². The molecule has 9 heteroatoms. The second kappa shape index (κ2) is 9.40. The molecule has 2 aromatic carbocycles. The van der Waals surface area contributed by atoms with Gasteiger partial charge in [-0.15, -0.1) is 13.2 Å². The van der Waals surface area contributed by atoms with Crippen LogP contribution >= 0.6 is 0 Å². The van der Waals surface area contributed by atoms with Crippen LogP contribution in [0, 0.1) is 11.7 Å². The van der Waals surface area contributed by atoms with Crippen molar-refractivity contribution in [3.8, 4) is 5.75 Å². The number of amides is 1. The molecule has 1 unspecified atom stereocenters. The topological polar surface area (TPSA) is 64.6 Å². The van der Waals surface area contributed by atoms with E-state index < -0.39 is 47.3 Å². The van der Waals surface area contributed by atoms with Gasteiger partial charge >= 0.3 is 12.3 Å². The van der Waals surface area contributed by atoms with Crippen LogP contribution in [-0.4, -0.2) is 24.3 Å². The lowest BCUT2D eigenvalue weighted by Crippen LogP contribution is -2.45. The zero-order chi connectivity index (χ0) is 21.6. The molecule has 0 saturated carbocycles. The van der Waals surface area contributed by atoms with Gasteiger partial charge in [0.2, 0.25) is 0 Å². The summed E-state index contributed by atoms with van der Waals surface area (Å²) >= 11 is 0. The Labute approximate surface area is 164 Å². The molecule has 156 valence electrons. The first kappa shape index (κ1) is 22.2. The molecule has 0 bridgehead atoms. The zero-order valence-electron chi connectivity index (χ0n) is 15.6. The molecule has 0 radical (unpaired) electrons. The second-order valence-corrected chi connectivity index (χ2v) is 6.48. The van der Waals surface area contributed by atoms with Crippen molar-refractivity contribution < 1.29 is 36.6 Å². The van der Waals surface area contributed by atoms with Crippen molar-refractivity contribution in [3.63, 3.8) is 0 Å². The maximum Gasteiger partial charge on any atom is 0.573 e. The molecule has 0 aliphatic heterocycles. The van der Waals surface area contributed by atoms with Crippen LogP contribution < -0.4 is 10.1 Å². The highest BCUT2D eigenvalue weighted by atomic mass is 19.4. The summed E-state index contributed by atoms with van der Waals surface area (Å²) in [7, 11) is 0. The highest BCUT2D eigenvalue weighted by molar-refractivity contribution is 5.97. The molecule has 2 aromatic rings. The average Bonchev–Trinajstić information content (AvgIpc) is 2.65. The fraction of sp³-hybridized carbons (Fsp3) is 0.300. The summed E-state index contributed by atoms with van der Waals surface area (Å²) in [5.41, 5.74) is 0.0472. The van der Waals surface area contributed by atoms with Crippen LogP contribution in [-0.2, 0) is 16.1 Å². The number of benzene rings is 2. The minimum absolute atomic E-state index is 0.0258. The van der Waals surface area contributed by atoms with Crippen LogP contribution in [0.1, 0.15) is 29.8 Å². The fourth-order valence-corrected chi connectivity index (χ4v) is 2.41. The maximum absolute atomic E-state index is 14.0. The Bertz CT molecular complexity index is 853. The summed E-state index contributed by atoms with van der Waals surface area (Å²) in [4.78, 5) is 24.7. The van der Waals surface area contributed by atoms with Crippen LogP contribution in [0.2, 0.25) is 0 Å². The number of nitrogens with one attached hydrogen (secondary N) is 1. The van der Waals surface area contributed by atoms with E-state index in [-0.39, 0.29) is 6.61 Å². The van der Waals surface area contributed by atoms with Crippen LogP contribution in [0.5, 0.6) is 5.75 Å². The van der Waals surface area contributed by atoms with Gasteiger partial charge in [0.1, 0.15) is 24.2 Å². The second-order valence-electron chi connectivity index (χ2n) is 6.48. The summed E-state index contributed by atoms with van der Waals surface area (Å²) in [5.74, 6) is -4.04. The number of rotatable bonds is 7. The predicted octanol–water partition coefficient (Wildman–Crippen LogP) is 4.22. The van der Waals surface area contributed by atoms with Gasteiger partial charge in [-0.1, -0.05) is 44.2 Å². The molecule has 0 fully saturated rings. The molecule has 2 rings (SSSR count). The number of carbonyl (C=O) groups excluding carboxylic acids is 2. The van der Waals surface area contributed by atoms with E-state index >= 15 is 0 Å². The van der Waals surface area contributed by atoms with Gasteiger partial charge in [0.15, 0.2) is 0 Å². The number of hydrogen-bond donors (Lipinski definition) is 1. The lowest BCUT2D eigenvalue weighted by atomic mass is 10.0. The van der Waals surface area contributed by atoms with Gasteiger partial charge in [0.25, 0.3) is 5.91 Å². The third-order valence-corrected chi connectivity index (χ3v) is 3.85. The van der Waals surface area contributed by atoms with Crippen LogP contribution in [0.15, 0.2) is 48.5 Å². The normalized spacial score (nSPS) is 12.4. The summed E-state index contributed by atoms with van der Waals surface area (Å²) in [5, 5.41) is 2.31. The van der Waals surface area contributed by atoms with E-state index in [0.29, 0.717) is 12.1 Å². The largest absolute Gasteiger partial charge is 0.573 e. The molecule has 0 aliphatic rings. The van der Waals surface area contributed by atoms with Gasteiger partial charge in [0, 0.05) is 0 Å². The van der Waals surface area contributed by atoms with Gasteiger partial charge in [0.05, 0.1) is 5.56 Å². The van der Waals surface area contributed by atoms with Crippen molar-refractivity contribution in [2.24, 2.45) is 5.92 Å². The first-order valence-electron chi connectivity index (χ1n) is 8.63. The van der Waals surface area contributed by atoms with Crippen LogP contribution in [0.4, 0.5) is 17.6 Å². The third kappa shape index (κ3) is 6.78. The number of ether oxygens (including phenoxy) is 2. The Morgan fingerprint density at radius 1 is 1.07 bits per heavy atom. The van der Waals surface area contributed by atoms with Gasteiger partial charge in [-0.25, -0.2) is 9.18 Å². The Hall–Kier alpha value is -3.10. The van der Waals surface area contributed by atoms with Gasteiger partial charge in [-0.2, -0.15) is 0 Å². The maximum atomic E-state index is 14.0. The molecule has 1 amide bonds. The van der Waals surface area contributed by atoms with Gasteiger partial charge in [-0.05, 0) is 29.7 Å². The van der Waals surface area contributed by atoms with E-state index in [0.717, 1.165) is 11.6 Å². The highest BCUT2D eigenvalue weighted by Crippen LogP contribution is 2.25. The molecule has 0 heterocycles. The molecule has 29 heavy (non-hydrogen) atoms. The number of esters is 1. The fourth-order valence-electron chi connectivity index (χ4n) is 2.41. The number of hydrogen-bond acceptors (Lipinski definition) is 4. The number of halogens is 4. The minimum atomic E-state index is -4.99. The smallest absolute Gasteiger partial charge is 0.459 e. The third-order valence-electron chi connectivity index (χ3n) is 3.85. The molecule has 0 saturated heterocycles. The van der Waals surface area contributed by atoms with E-state index in [9.17, 15) is 27.2 Å². The van der Waals surface area contributed by atoms with Crippen molar-refractivity contribution in [1.29, 1.82) is 0 Å². The highest BCUT2D eigenvalue weighted by Gasteiger charge is 2.32. The molecule has 1 atom stereocenters. The number of alkyl halides is 3. The Balaban J connectivity index is 2.10. The zero-order valence-corrected chi connectivity index (χ0v) is 15.6. The van der Waals surface area contributed by atoms with Crippen molar-refractivity contribution >= 4 is 11.9 Å². The van der Waals surface area contributed by atoms with Gasteiger partial charge in [-0.3, -0.25) is 4.79 Å². The van der Waals surface area contributed by atoms with Crippen molar-refractivity contribution in [1.82, 2.24) is 5.32 Å². The quantitative estimate of drug-likeness (QED) is 0.545. The number of carbonyl (C=O) groups is 2. The van der Waals surface area contributed by atoms with Crippen molar-refractivity contribution in [2.75, 3.05) is 0 Å². The molecule has 5 nitrogen and oxygen atoms in total. The predicted molar refractivity (Wildman–Crippen MR) is 95.4 cm³/mol.